The number of rotatable bonds is 10. The summed E-state index contributed by atoms with van der Waals surface area (Å²) in [5, 5.41) is 5.35. The molecule has 0 saturated heterocycles. The molecule has 0 unspecified atom stereocenters. The molecule has 1 heterocycles. The second kappa shape index (κ2) is 16.0. The molecule has 4 N–H and O–H groups in total. The van der Waals surface area contributed by atoms with Gasteiger partial charge in [-0.2, -0.15) is 0 Å². The van der Waals surface area contributed by atoms with Gasteiger partial charge in [-0.1, -0.05) is 61.9 Å². The molecule has 0 fully saturated rings. The van der Waals surface area contributed by atoms with Crippen LogP contribution in [0, 0.1) is 17.7 Å². The van der Waals surface area contributed by atoms with Crippen LogP contribution in [0.25, 0.3) is 0 Å². The molecule has 2 amide bonds. The van der Waals surface area contributed by atoms with Crippen LogP contribution in [0.2, 0.25) is 5.02 Å². The van der Waals surface area contributed by atoms with Crippen LogP contribution in [0.5, 0.6) is 5.75 Å². The number of carbonyl (C=O) groups excluding carboxylic acids is 4. The molecule has 9 nitrogen and oxygen atoms in total. The first-order valence-corrected chi connectivity index (χ1v) is 16.8. The van der Waals surface area contributed by atoms with Crippen LogP contribution in [-0.2, 0) is 14.3 Å². The average Bonchev–Trinajstić information content (AvgIpc) is 2.94. The van der Waals surface area contributed by atoms with Crippen molar-refractivity contribution in [2.24, 2.45) is 17.6 Å². The first kappa shape index (κ1) is 37.4. The fraction of sp³-hybridized carbons (Fsp3) is 0.500. The van der Waals surface area contributed by atoms with E-state index >= 15 is 0 Å². The number of benzene rings is 2. The van der Waals surface area contributed by atoms with Gasteiger partial charge in [-0.25, -0.2) is 9.18 Å². The summed E-state index contributed by atoms with van der Waals surface area (Å²) >= 11 is 8.06. The zero-order chi connectivity index (χ0) is 33.5. The summed E-state index contributed by atoms with van der Waals surface area (Å²) in [6.45, 7) is 12.2. The van der Waals surface area contributed by atoms with Gasteiger partial charge in [0.25, 0.3) is 5.91 Å². The number of alkyl halides is 1. The minimum absolute atomic E-state index is 0.0755. The first-order chi connectivity index (χ1) is 20.5. The molecule has 12 heteroatoms. The second-order valence-corrected chi connectivity index (χ2v) is 12.3. The lowest BCUT2D eigenvalue weighted by Crippen LogP contribution is -2.58. The number of hydrogen-bond donors (Lipinski definition) is 3. The number of Topliss-reactive ketones (excluding diaryl/α,β-unsaturated/α-hetero) is 1. The third-order valence-electron chi connectivity index (χ3n) is 7.10. The highest BCUT2D eigenvalue weighted by Crippen LogP contribution is 2.42. The SMILES string of the molecule is CC(=O)c1ccc2c(c1)[C@H](NC(=O)c1ccc(F)c(Cl)c1)[C@H](OC(=O)[C@@H](NC(=O)[C@@H](N)CC(C)C)C(C)C)C(C)(C)O2.CI. The van der Waals surface area contributed by atoms with Crippen molar-refractivity contribution in [2.75, 3.05) is 4.93 Å². The second-order valence-electron chi connectivity index (χ2n) is 11.9. The van der Waals surface area contributed by atoms with E-state index < -0.39 is 53.4 Å². The van der Waals surface area contributed by atoms with Gasteiger partial charge in [-0.15, -0.1) is 0 Å². The topological polar surface area (TPSA) is 137 Å². The number of esters is 1. The van der Waals surface area contributed by atoms with E-state index in [1.165, 1.54) is 19.1 Å². The Morgan fingerprint density at radius 1 is 1.07 bits per heavy atom. The van der Waals surface area contributed by atoms with Gasteiger partial charge in [-0.05, 0) is 80.4 Å². The van der Waals surface area contributed by atoms with Gasteiger partial charge in [0.15, 0.2) is 11.9 Å². The summed E-state index contributed by atoms with van der Waals surface area (Å²) in [5.74, 6) is -2.53. The third kappa shape index (κ3) is 9.37. The van der Waals surface area contributed by atoms with Crippen molar-refractivity contribution < 1.29 is 33.0 Å². The molecule has 2 aromatic carbocycles. The number of amides is 2. The highest BCUT2D eigenvalue weighted by atomic mass is 127. The standard InChI is InChI=1S/C31H39ClFN3O6.CH3I/c1-15(2)12-23(34)29(39)35-25(16(3)4)30(40)41-27-26(36-28(38)19-8-10-22(33)21(32)14-19)20-13-18(17(5)37)9-11-24(20)42-31(27,6)7;1-2/h8-11,13-16,23,25-27H,12,34H2,1-7H3,(H,35,39)(H,36,38);1H3/t23-,25-,26-,27-;/m0./s1. The molecule has 4 atom stereocenters. The van der Waals surface area contributed by atoms with Crippen molar-refractivity contribution in [1.82, 2.24) is 10.6 Å². The van der Waals surface area contributed by atoms with Crippen molar-refractivity contribution in [3.63, 3.8) is 0 Å². The van der Waals surface area contributed by atoms with Gasteiger partial charge in [0, 0.05) is 16.7 Å². The lowest BCUT2D eigenvalue weighted by atomic mass is 9.85. The highest BCUT2D eigenvalue weighted by molar-refractivity contribution is 14.1. The minimum atomic E-state index is -1.17. The quantitative estimate of drug-likeness (QED) is 0.121. The van der Waals surface area contributed by atoms with Crippen LogP contribution in [0.1, 0.15) is 87.2 Å². The van der Waals surface area contributed by atoms with Gasteiger partial charge >= 0.3 is 5.97 Å². The van der Waals surface area contributed by atoms with Crippen molar-refractivity contribution >= 4 is 57.8 Å². The molecule has 1 aliphatic rings. The smallest absolute Gasteiger partial charge is 0.329 e. The Balaban J connectivity index is 0.00000330. The van der Waals surface area contributed by atoms with E-state index in [0.29, 0.717) is 23.3 Å². The summed E-state index contributed by atoms with van der Waals surface area (Å²) in [5.41, 5.74) is 5.72. The molecule has 0 spiro atoms. The van der Waals surface area contributed by atoms with Crippen LogP contribution in [0.3, 0.4) is 0 Å². The summed E-state index contributed by atoms with van der Waals surface area (Å²) in [7, 11) is 0. The van der Waals surface area contributed by atoms with E-state index in [-0.39, 0.29) is 28.2 Å². The summed E-state index contributed by atoms with van der Waals surface area (Å²) in [4.78, 5) is 54.0. The maximum Gasteiger partial charge on any atom is 0.329 e. The molecular formula is C32H42ClFIN3O6. The van der Waals surface area contributed by atoms with E-state index in [1.54, 1.807) is 45.9 Å². The maximum atomic E-state index is 13.8. The number of fused-ring (bicyclic) bond motifs is 1. The van der Waals surface area contributed by atoms with E-state index in [9.17, 15) is 23.6 Å². The van der Waals surface area contributed by atoms with Crippen LogP contribution in [-0.4, -0.2) is 52.3 Å². The Labute approximate surface area is 277 Å². The fourth-order valence-corrected chi connectivity index (χ4v) is 4.99. The van der Waals surface area contributed by atoms with Crippen molar-refractivity contribution in [3.05, 3.63) is 63.9 Å². The molecule has 0 aromatic heterocycles. The Hall–Kier alpha value is -2.77. The molecular weight excluding hydrogens is 704 g/mol. The Morgan fingerprint density at radius 2 is 1.68 bits per heavy atom. The average molecular weight is 746 g/mol. The number of nitrogens with two attached hydrogens (primary N) is 1. The number of halogens is 3. The zero-order valence-corrected chi connectivity index (χ0v) is 29.2. The minimum Gasteiger partial charge on any atom is -0.484 e. The van der Waals surface area contributed by atoms with Crippen LogP contribution in [0.4, 0.5) is 4.39 Å². The lowest BCUT2D eigenvalue weighted by Gasteiger charge is -2.44. The Kier molecular flexibility index (Phi) is 13.6. The van der Waals surface area contributed by atoms with Gasteiger partial charge in [0.1, 0.15) is 23.2 Å². The van der Waals surface area contributed by atoms with E-state index in [1.807, 2.05) is 18.8 Å². The normalized spacial score (nSPS) is 18.1. The first-order valence-electron chi connectivity index (χ1n) is 14.3. The van der Waals surface area contributed by atoms with E-state index in [0.717, 1.165) is 6.07 Å². The number of nitrogens with one attached hydrogen (secondary N) is 2. The molecule has 0 saturated carbocycles. The maximum absolute atomic E-state index is 13.8. The van der Waals surface area contributed by atoms with Crippen molar-refractivity contribution in [1.29, 1.82) is 0 Å². The predicted octanol–water partition coefficient (Wildman–Crippen LogP) is 5.80. The monoisotopic (exact) mass is 745 g/mol. The summed E-state index contributed by atoms with van der Waals surface area (Å²) in [6.07, 6.45) is -0.673. The van der Waals surface area contributed by atoms with Gasteiger partial charge in [0.2, 0.25) is 5.91 Å². The van der Waals surface area contributed by atoms with Crippen molar-refractivity contribution in [3.8, 4) is 5.75 Å². The molecule has 3 rings (SSSR count). The van der Waals surface area contributed by atoms with Gasteiger partial charge in [0.05, 0.1) is 17.1 Å². The van der Waals surface area contributed by atoms with E-state index in [2.05, 4.69) is 33.2 Å². The molecule has 0 bridgehead atoms. The zero-order valence-electron chi connectivity index (χ0n) is 26.3. The highest BCUT2D eigenvalue weighted by Gasteiger charge is 2.48. The fourth-order valence-electron chi connectivity index (χ4n) is 4.81. The Morgan fingerprint density at radius 3 is 2.23 bits per heavy atom. The van der Waals surface area contributed by atoms with Crippen LogP contribution >= 0.6 is 34.2 Å². The van der Waals surface area contributed by atoms with E-state index in [4.69, 9.17) is 26.8 Å². The molecule has 44 heavy (non-hydrogen) atoms. The largest absolute Gasteiger partial charge is 0.484 e. The predicted molar refractivity (Wildman–Crippen MR) is 177 cm³/mol. The number of ether oxygens (including phenoxy) is 2. The van der Waals surface area contributed by atoms with Gasteiger partial charge in [-0.3, -0.25) is 14.4 Å². The molecule has 0 radical (unpaired) electrons. The lowest BCUT2D eigenvalue weighted by molar-refractivity contribution is -0.169. The number of ketones is 1. The molecule has 0 aliphatic carbocycles. The Bertz CT molecular complexity index is 1370. The van der Waals surface area contributed by atoms with Crippen molar-refractivity contribution in [2.45, 2.75) is 84.7 Å². The number of carbonyl (C=O) groups is 4. The third-order valence-corrected chi connectivity index (χ3v) is 7.39. The van der Waals surface area contributed by atoms with Crippen LogP contribution in [0.15, 0.2) is 36.4 Å². The summed E-state index contributed by atoms with van der Waals surface area (Å²) < 4.78 is 26.0. The molecule has 242 valence electrons. The van der Waals surface area contributed by atoms with Gasteiger partial charge < -0.3 is 25.8 Å². The van der Waals surface area contributed by atoms with Crippen LogP contribution < -0.4 is 21.1 Å². The number of hydrogen-bond acceptors (Lipinski definition) is 7. The molecule has 1 aliphatic heterocycles. The molecule has 2 aromatic rings. The summed E-state index contributed by atoms with van der Waals surface area (Å²) in [6, 6.07) is 5.50.